The summed E-state index contributed by atoms with van der Waals surface area (Å²) < 4.78 is 5.44. The summed E-state index contributed by atoms with van der Waals surface area (Å²) in [6.45, 7) is 1.82. The topological polar surface area (TPSA) is 111 Å². The second-order valence-corrected chi connectivity index (χ2v) is 4.24. The maximum absolute atomic E-state index is 8.72. The van der Waals surface area contributed by atoms with Crippen LogP contribution in [-0.4, -0.2) is 11.5 Å². The Hall–Kier alpha value is -2.52. The van der Waals surface area contributed by atoms with Gasteiger partial charge in [-0.2, -0.15) is 10.4 Å². The van der Waals surface area contributed by atoms with Crippen LogP contribution in [0.15, 0.2) is 27.7 Å². The SMILES string of the molecule is Cc1cc2cc(N/N=C(\C#N)C(=N)N)cc(Cl)c2o1. The van der Waals surface area contributed by atoms with Crippen molar-refractivity contribution in [2.24, 2.45) is 10.8 Å². The Kier molecular flexibility index (Phi) is 3.40. The van der Waals surface area contributed by atoms with Crippen LogP contribution in [0.25, 0.3) is 11.0 Å². The highest BCUT2D eigenvalue weighted by atomic mass is 35.5. The normalized spacial score (nSPS) is 11.3. The fraction of sp³-hybridized carbons (Fsp3) is 0.0833. The molecule has 0 unspecified atom stereocenters. The Bertz CT molecular complexity index is 726. The van der Waals surface area contributed by atoms with Gasteiger partial charge in [-0.05, 0) is 25.1 Å². The lowest BCUT2D eigenvalue weighted by atomic mass is 10.2. The summed E-state index contributed by atoms with van der Waals surface area (Å²) >= 11 is 6.07. The van der Waals surface area contributed by atoms with Gasteiger partial charge in [-0.25, -0.2) is 0 Å². The molecule has 2 aromatic rings. The van der Waals surface area contributed by atoms with Crippen LogP contribution in [0.2, 0.25) is 5.02 Å². The maximum atomic E-state index is 8.72. The molecule has 0 bridgehead atoms. The van der Waals surface area contributed by atoms with Gasteiger partial charge in [0.05, 0.1) is 10.7 Å². The Morgan fingerprint density at radius 1 is 1.53 bits per heavy atom. The van der Waals surface area contributed by atoms with Crippen LogP contribution in [0.3, 0.4) is 0 Å². The maximum Gasteiger partial charge on any atom is 0.201 e. The zero-order valence-corrected chi connectivity index (χ0v) is 10.7. The van der Waals surface area contributed by atoms with Gasteiger partial charge in [-0.1, -0.05) is 11.6 Å². The van der Waals surface area contributed by atoms with Crippen molar-refractivity contribution in [2.45, 2.75) is 6.92 Å². The van der Waals surface area contributed by atoms with Gasteiger partial charge >= 0.3 is 0 Å². The number of anilines is 1. The van der Waals surface area contributed by atoms with Crippen LogP contribution in [0.1, 0.15) is 5.76 Å². The van der Waals surface area contributed by atoms with E-state index in [1.165, 1.54) is 0 Å². The molecule has 7 heteroatoms. The number of furan rings is 1. The molecule has 0 saturated carbocycles. The van der Waals surface area contributed by atoms with Gasteiger partial charge < -0.3 is 10.2 Å². The minimum absolute atomic E-state index is 0.195. The predicted molar refractivity (Wildman–Crippen MR) is 74.5 cm³/mol. The number of aryl methyl sites for hydroxylation is 1. The molecule has 1 aromatic heterocycles. The van der Waals surface area contributed by atoms with Crippen molar-refractivity contribution in [2.75, 3.05) is 5.43 Å². The number of nitrogens with zero attached hydrogens (tertiary/aromatic N) is 2. The van der Waals surface area contributed by atoms with Gasteiger partial charge in [0.2, 0.25) is 5.71 Å². The third kappa shape index (κ3) is 2.67. The second-order valence-electron chi connectivity index (χ2n) is 3.83. The summed E-state index contributed by atoms with van der Waals surface area (Å²) in [5, 5.41) is 20.9. The van der Waals surface area contributed by atoms with E-state index in [-0.39, 0.29) is 5.71 Å². The minimum atomic E-state index is -0.402. The molecule has 0 amide bonds. The Labute approximate surface area is 114 Å². The number of rotatable bonds is 3. The average molecular weight is 276 g/mol. The first-order chi connectivity index (χ1) is 9.01. The summed E-state index contributed by atoms with van der Waals surface area (Å²) in [5.74, 6) is 0.348. The molecule has 0 spiro atoms. The summed E-state index contributed by atoms with van der Waals surface area (Å²) in [4.78, 5) is 0. The molecule has 0 radical (unpaired) electrons. The van der Waals surface area contributed by atoms with E-state index in [0.717, 1.165) is 11.1 Å². The number of hydrogen-bond acceptors (Lipinski definition) is 5. The molecule has 0 aliphatic rings. The molecule has 1 heterocycles. The van der Waals surface area contributed by atoms with Gasteiger partial charge in [0.1, 0.15) is 11.8 Å². The first-order valence-corrected chi connectivity index (χ1v) is 5.67. The van der Waals surface area contributed by atoms with E-state index in [2.05, 4.69) is 10.5 Å². The quantitative estimate of drug-likeness (QED) is 0.454. The molecule has 96 valence electrons. The molecule has 1 aromatic carbocycles. The molecular weight excluding hydrogens is 266 g/mol. The molecule has 6 nitrogen and oxygen atoms in total. The molecule has 19 heavy (non-hydrogen) atoms. The van der Waals surface area contributed by atoms with Gasteiger partial charge in [0.15, 0.2) is 11.4 Å². The van der Waals surface area contributed by atoms with Gasteiger partial charge in [-0.3, -0.25) is 10.8 Å². The minimum Gasteiger partial charge on any atom is -0.460 e. The molecule has 0 aliphatic carbocycles. The lowest BCUT2D eigenvalue weighted by molar-refractivity contribution is 0.579. The third-order valence-electron chi connectivity index (χ3n) is 2.35. The van der Waals surface area contributed by atoms with Crippen LogP contribution in [-0.2, 0) is 0 Å². The molecular formula is C12H10ClN5O. The lowest BCUT2D eigenvalue weighted by Crippen LogP contribution is -2.21. The van der Waals surface area contributed by atoms with Crippen molar-refractivity contribution in [1.29, 1.82) is 10.7 Å². The van der Waals surface area contributed by atoms with Crippen molar-refractivity contribution < 1.29 is 4.42 Å². The molecule has 0 fully saturated rings. The van der Waals surface area contributed by atoms with Crippen molar-refractivity contribution in [3.05, 3.63) is 29.0 Å². The van der Waals surface area contributed by atoms with Crippen LogP contribution in [0.5, 0.6) is 0 Å². The van der Waals surface area contributed by atoms with Crippen molar-refractivity contribution in [1.82, 2.24) is 0 Å². The fourth-order valence-corrected chi connectivity index (χ4v) is 1.83. The molecule has 0 atom stereocenters. The Morgan fingerprint density at radius 2 is 2.26 bits per heavy atom. The average Bonchev–Trinajstić information content (AvgIpc) is 2.70. The monoisotopic (exact) mass is 275 g/mol. The molecule has 2 rings (SSSR count). The molecule has 0 aliphatic heterocycles. The summed E-state index contributed by atoms with van der Waals surface area (Å²) in [5.41, 5.74) is 8.80. The summed E-state index contributed by atoms with van der Waals surface area (Å²) in [6.07, 6.45) is 0. The van der Waals surface area contributed by atoms with Gasteiger partial charge in [-0.15, -0.1) is 0 Å². The van der Waals surface area contributed by atoms with E-state index in [0.29, 0.717) is 16.3 Å². The highest BCUT2D eigenvalue weighted by Crippen LogP contribution is 2.30. The number of hydrogen-bond donors (Lipinski definition) is 3. The van der Waals surface area contributed by atoms with E-state index in [9.17, 15) is 0 Å². The Balaban J connectivity index is 2.37. The number of halogens is 1. The molecule has 0 saturated heterocycles. The highest BCUT2D eigenvalue weighted by molar-refractivity contribution is 6.45. The van der Waals surface area contributed by atoms with Crippen molar-refractivity contribution in [3.8, 4) is 6.07 Å². The fourth-order valence-electron chi connectivity index (χ4n) is 1.57. The number of nitriles is 1. The predicted octanol–water partition coefficient (Wildman–Crippen LogP) is 2.62. The number of nitrogens with two attached hydrogens (primary N) is 1. The zero-order valence-electron chi connectivity index (χ0n) is 9.99. The van der Waals surface area contributed by atoms with Crippen LogP contribution in [0, 0.1) is 23.7 Å². The number of amidine groups is 1. The highest BCUT2D eigenvalue weighted by Gasteiger charge is 2.08. The van der Waals surface area contributed by atoms with E-state index in [1.807, 2.05) is 13.0 Å². The summed E-state index contributed by atoms with van der Waals surface area (Å²) in [7, 11) is 0. The second kappa shape index (κ2) is 5.00. The van der Waals surface area contributed by atoms with Gasteiger partial charge in [0.25, 0.3) is 0 Å². The first kappa shape index (κ1) is 12.9. The lowest BCUT2D eigenvalue weighted by Gasteiger charge is -2.02. The third-order valence-corrected chi connectivity index (χ3v) is 2.63. The number of benzene rings is 1. The molecule has 4 N–H and O–H groups in total. The zero-order chi connectivity index (χ0) is 14.0. The van der Waals surface area contributed by atoms with Crippen LogP contribution < -0.4 is 11.2 Å². The van der Waals surface area contributed by atoms with Crippen LogP contribution in [0.4, 0.5) is 5.69 Å². The number of nitrogens with one attached hydrogen (secondary N) is 2. The Morgan fingerprint density at radius 3 is 2.89 bits per heavy atom. The van der Waals surface area contributed by atoms with Crippen LogP contribution >= 0.6 is 11.6 Å². The van der Waals surface area contributed by atoms with E-state index in [1.54, 1.807) is 18.2 Å². The van der Waals surface area contributed by atoms with E-state index < -0.39 is 5.84 Å². The number of fused-ring (bicyclic) bond motifs is 1. The largest absolute Gasteiger partial charge is 0.460 e. The van der Waals surface area contributed by atoms with Crippen molar-refractivity contribution >= 4 is 39.8 Å². The van der Waals surface area contributed by atoms with E-state index in [4.69, 9.17) is 32.4 Å². The summed E-state index contributed by atoms with van der Waals surface area (Å²) in [6, 6.07) is 6.94. The van der Waals surface area contributed by atoms with E-state index >= 15 is 0 Å². The number of hydrazone groups is 1. The first-order valence-electron chi connectivity index (χ1n) is 5.29. The van der Waals surface area contributed by atoms with Gasteiger partial charge in [0, 0.05) is 5.39 Å². The smallest absolute Gasteiger partial charge is 0.201 e. The standard InChI is InChI=1S/C12H10ClN5O/c1-6-2-7-3-8(4-9(13)11(7)19-6)17-18-10(5-14)12(15)16/h2-4,17H,1H3,(H3,15,16)/b18-10+. The van der Waals surface area contributed by atoms with Crippen molar-refractivity contribution in [3.63, 3.8) is 0 Å².